The average Bonchev–Trinajstić information content (AvgIpc) is 2.75. The van der Waals surface area contributed by atoms with Crippen molar-refractivity contribution in [2.45, 2.75) is 26.4 Å². The van der Waals surface area contributed by atoms with Crippen molar-refractivity contribution in [3.63, 3.8) is 0 Å². The summed E-state index contributed by atoms with van der Waals surface area (Å²) < 4.78 is 0. The molecule has 0 fully saturated rings. The van der Waals surface area contributed by atoms with Gasteiger partial charge in [0.1, 0.15) is 5.01 Å². The Labute approximate surface area is 118 Å². The summed E-state index contributed by atoms with van der Waals surface area (Å²) >= 11 is 1.60. The summed E-state index contributed by atoms with van der Waals surface area (Å²) in [7, 11) is 2.14. The summed E-state index contributed by atoms with van der Waals surface area (Å²) in [5.41, 5.74) is 1.34. The molecule has 0 bridgehead atoms. The van der Waals surface area contributed by atoms with Crippen LogP contribution in [0, 0.1) is 6.92 Å². The summed E-state index contributed by atoms with van der Waals surface area (Å²) in [4.78, 5) is 2.31. The molecule has 0 aliphatic rings. The van der Waals surface area contributed by atoms with Crippen molar-refractivity contribution in [3.8, 4) is 0 Å². The normalized spacial score (nSPS) is 12.6. The summed E-state index contributed by atoms with van der Waals surface area (Å²) in [6.45, 7) is 6.06. The van der Waals surface area contributed by atoms with Crippen molar-refractivity contribution in [2.24, 2.45) is 0 Å². The van der Waals surface area contributed by atoms with E-state index in [1.807, 2.05) is 13.0 Å². The number of rotatable bonds is 6. The minimum Gasteiger partial charge on any atom is -0.356 e. The van der Waals surface area contributed by atoms with E-state index in [2.05, 4.69) is 58.7 Å². The average molecular weight is 276 g/mol. The van der Waals surface area contributed by atoms with Crippen LogP contribution in [-0.2, 0) is 6.54 Å². The fourth-order valence-corrected chi connectivity index (χ4v) is 2.74. The second-order valence-electron chi connectivity index (χ2n) is 4.85. The topological polar surface area (TPSA) is 41.1 Å². The maximum atomic E-state index is 4.09. The number of hydrogen-bond acceptors (Lipinski definition) is 5. The SMILES string of the molecule is Cc1nnc(NC(C)CN(C)Cc2ccccc2)s1. The zero-order valence-electron chi connectivity index (χ0n) is 11.6. The van der Waals surface area contributed by atoms with Gasteiger partial charge in [-0.1, -0.05) is 41.7 Å². The second kappa shape index (κ2) is 6.63. The molecule has 1 atom stereocenters. The molecule has 1 heterocycles. The molecular formula is C14H20N4S. The van der Waals surface area contributed by atoms with Crippen molar-refractivity contribution < 1.29 is 0 Å². The third-order valence-corrected chi connectivity index (χ3v) is 3.55. The maximum absolute atomic E-state index is 4.09. The van der Waals surface area contributed by atoms with Gasteiger partial charge in [-0.05, 0) is 26.5 Å². The van der Waals surface area contributed by atoms with E-state index >= 15 is 0 Å². The van der Waals surface area contributed by atoms with Gasteiger partial charge in [0.15, 0.2) is 0 Å². The molecule has 4 nitrogen and oxygen atoms in total. The third-order valence-electron chi connectivity index (χ3n) is 2.78. The monoisotopic (exact) mass is 276 g/mol. The molecule has 1 aromatic heterocycles. The Morgan fingerprint density at radius 3 is 2.63 bits per heavy atom. The first-order valence-electron chi connectivity index (χ1n) is 6.42. The van der Waals surface area contributed by atoms with Crippen molar-refractivity contribution in [1.82, 2.24) is 15.1 Å². The van der Waals surface area contributed by atoms with Gasteiger partial charge in [0.2, 0.25) is 5.13 Å². The lowest BCUT2D eigenvalue weighted by Crippen LogP contribution is -2.31. The molecule has 0 amide bonds. The maximum Gasteiger partial charge on any atom is 0.205 e. The molecule has 0 saturated heterocycles. The standard InChI is InChI=1S/C14H20N4S/c1-11(15-14-17-16-12(2)19-14)9-18(3)10-13-7-5-4-6-8-13/h4-8,11H,9-10H2,1-3H3,(H,15,17). The largest absolute Gasteiger partial charge is 0.356 e. The van der Waals surface area contributed by atoms with Gasteiger partial charge < -0.3 is 10.2 Å². The van der Waals surface area contributed by atoms with Gasteiger partial charge in [-0.15, -0.1) is 10.2 Å². The van der Waals surface area contributed by atoms with E-state index in [1.54, 1.807) is 11.3 Å². The number of hydrogen-bond donors (Lipinski definition) is 1. The van der Waals surface area contributed by atoms with Crippen LogP contribution in [0.15, 0.2) is 30.3 Å². The fraction of sp³-hybridized carbons (Fsp3) is 0.429. The Morgan fingerprint density at radius 1 is 1.26 bits per heavy atom. The second-order valence-corrected chi connectivity index (χ2v) is 6.04. The van der Waals surface area contributed by atoms with Gasteiger partial charge in [0.05, 0.1) is 0 Å². The van der Waals surface area contributed by atoms with E-state index in [4.69, 9.17) is 0 Å². The van der Waals surface area contributed by atoms with Crippen LogP contribution < -0.4 is 5.32 Å². The fourth-order valence-electron chi connectivity index (χ4n) is 2.04. The van der Waals surface area contributed by atoms with Gasteiger partial charge in [0, 0.05) is 19.1 Å². The van der Waals surface area contributed by atoms with Gasteiger partial charge in [-0.2, -0.15) is 0 Å². The van der Waals surface area contributed by atoms with Crippen LogP contribution in [0.5, 0.6) is 0 Å². The molecule has 0 aliphatic carbocycles. The molecule has 5 heteroatoms. The lowest BCUT2D eigenvalue weighted by Gasteiger charge is -2.21. The molecule has 1 unspecified atom stereocenters. The summed E-state index contributed by atoms with van der Waals surface area (Å²) in [6, 6.07) is 10.9. The van der Waals surface area contributed by atoms with Gasteiger partial charge in [0.25, 0.3) is 0 Å². The van der Waals surface area contributed by atoms with Crippen molar-refractivity contribution in [3.05, 3.63) is 40.9 Å². The van der Waals surface area contributed by atoms with Gasteiger partial charge >= 0.3 is 0 Å². The Morgan fingerprint density at radius 2 is 2.00 bits per heavy atom. The van der Waals surface area contributed by atoms with E-state index in [0.717, 1.165) is 23.2 Å². The molecule has 1 N–H and O–H groups in total. The Hall–Kier alpha value is -1.46. The van der Waals surface area contributed by atoms with Crippen molar-refractivity contribution >= 4 is 16.5 Å². The molecule has 0 saturated carbocycles. The van der Waals surface area contributed by atoms with Crippen LogP contribution in [0.3, 0.4) is 0 Å². The number of nitrogens with zero attached hydrogens (tertiary/aromatic N) is 3. The highest BCUT2D eigenvalue weighted by atomic mass is 32.1. The number of aromatic nitrogens is 2. The molecule has 102 valence electrons. The van der Waals surface area contributed by atoms with Crippen LogP contribution in [0.1, 0.15) is 17.5 Å². The van der Waals surface area contributed by atoms with Crippen LogP contribution >= 0.6 is 11.3 Å². The Kier molecular flexibility index (Phi) is 4.87. The zero-order chi connectivity index (χ0) is 13.7. The van der Waals surface area contributed by atoms with E-state index < -0.39 is 0 Å². The van der Waals surface area contributed by atoms with Crippen molar-refractivity contribution in [2.75, 3.05) is 18.9 Å². The lowest BCUT2D eigenvalue weighted by molar-refractivity contribution is 0.316. The molecule has 0 spiro atoms. The summed E-state index contributed by atoms with van der Waals surface area (Å²) in [5.74, 6) is 0. The van der Waals surface area contributed by atoms with E-state index in [-0.39, 0.29) is 0 Å². The van der Waals surface area contributed by atoms with Crippen LogP contribution in [0.2, 0.25) is 0 Å². The highest BCUT2D eigenvalue weighted by Crippen LogP contribution is 2.15. The first-order valence-corrected chi connectivity index (χ1v) is 7.24. The molecular weight excluding hydrogens is 256 g/mol. The van der Waals surface area contributed by atoms with E-state index in [0.29, 0.717) is 6.04 Å². The highest BCUT2D eigenvalue weighted by Gasteiger charge is 2.09. The predicted octanol–water partition coefficient (Wildman–Crippen LogP) is 2.78. The number of aryl methyl sites for hydroxylation is 1. The summed E-state index contributed by atoms with van der Waals surface area (Å²) in [6.07, 6.45) is 0. The zero-order valence-corrected chi connectivity index (χ0v) is 12.4. The van der Waals surface area contributed by atoms with Gasteiger partial charge in [-0.25, -0.2) is 0 Å². The minimum atomic E-state index is 0.348. The molecule has 2 aromatic rings. The number of benzene rings is 1. The quantitative estimate of drug-likeness (QED) is 0.881. The molecule has 2 rings (SSSR count). The number of nitrogens with one attached hydrogen (secondary N) is 1. The van der Waals surface area contributed by atoms with E-state index in [1.165, 1.54) is 5.56 Å². The molecule has 19 heavy (non-hydrogen) atoms. The molecule has 1 aromatic carbocycles. The first-order chi connectivity index (χ1) is 9.13. The summed E-state index contributed by atoms with van der Waals surface area (Å²) in [5, 5.41) is 13.4. The number of anilines is 1. The first kappa shape index (κ1) is 14.0. The molecule has 0 radical (unpaired) electrons. The third kappa shape index (κ3) is 4.61. The van der Waals surface area contributed by atoms with E-state index in [9.17, 15) is 0 Å². The lowest BCUT2D eigenvalue weighted by atomic mass is 10.2. The van der Waals surface area contributed by atoms with Gasteiger partial charge in [-0.3, -0.25) is 0 Å². The number of likely N-dealkylation sites (N-methyl/N-ethyl adjacent to an activating group) is 1. The predicted molar refractivity (Wildman–Crippen MR) is 80.5 cm³/mol. The highest BCUT2D eigenvalue weighted by molar-refractivity contribution is 7.15. The van der Waals surface area contributed by atoms with Crippen LogP contribution in [-0.4, -0.2) is 34.7 Å². The van der Waals surface area contributed by atoms with Crippen LogP contribution in [0.25, 0.3) is 0 Å². The molecule has 0 aliphatic heterocycles. The minimum absolute atomic E-state index is 0.348. The smallest absolute Gasteiger partial charge is 0.205 e. The Balaban J connectivity index is 1.80. The Bertz CT molecular complexity index is 497. The van der Waals surface area contributed by atoms with Crippen LogP contribution in [0.4, 0.5) is 5.13 Å². The van der Waals surface area contributed by atoms with Crippen molar-refractivity contribution in [1.29, 1.82) is 0 Å².